The van der Waals surface area contributed by atoms with Crippen LogP contribution in [0.25, 0.3) is 0 Å². The van der Waals surface area contributed by atoms with Gasteiger partial charge >= 0.3 is 0 Å². The summed E-state index contributed by atoms with van der Waals surface area (Å²) in [6.45, 7) is 7.33. The van der Waals surface area contributed by atoms with E-state index < -0.39 is 10.0 Å². The zero-order chi connectivity index (χ0) is 14.0. The van der Waals surface area contributed by atoms with Gasteiger partial charge in [0.25, 0.3) is 0 Å². The fourth-order valence-corrected chi connectivity index (χ4v) is 5.07. The molecule has 0 bridgehead atoms. The second kappa shape index (κ2) is 5.89. The lowest BCUT2D eigenvalue weighted by atomic mass is 9.99. The highest BCUT2D eigenvalue weighted by Gasteiger charge is 2.29. The van der Waals surface area contributed by atoms with Crippen molar-refractivity contribution in [2.24, 2.45) is 0 Å². The fraction of sp³-hybridized carbons (Fsp3) is 0.769. The summed E-state index contributed by atoms with van der Waals surface area (Å²) in [6.07, 6.45) is 2.48. The van der Waals surface area contributed by atoms with E-state index in [2.05, 4.69) is 11.9 Å². The molecule has 4 nitrogen and oxygen atoms in total. The number of aryl methyl sites for hydroxylation is 2. The quantitative estimate of drug-likeness (QED) is 0.859. The van der Waals surface area contributed by atoms with Gasteiger partial charge in [-0.15, -0.1) is 11.3 Å². The lowest BCUT2D eigenvalue weighted by molar-refractivity contribution is 0.319. The molecule has 0 atom stereocenters. The standard InChI is InChI=1S/C13H22N2O2S2/c1-4-9-19(16,17)15-7-5-12(6-8-15)13-14-10(2)11(3)18-13/h12H,4-9H2,1-3H3. The van der Waals surface area contributed by atoms with Crippen molar-refractivity contribution in [1.82, 2.24) is 9.29 Å². The lowest BCUT2D eigenvalue weighted by Gasteiger charge is -2.30. The number of thiazole rings is 1. The van der Waals surface area contributed by atoms with Gasteiger partial charge in [0.15, 0.2) is 0 Å². The molecule has 0 N–H and O–H groups in total. The molecule has 1 aromatic rings. The van der Waals surface area contributed by atoms with Crippen LogP contribution in [0.15, 0.2) is 0 Å². The number of hydrogen-bond donors (Lipinski definition) is 0. The first-order valence-corrected chi connectivity index (χ1v) is 9.28. The molecule has 6 heteroatoms. The second-order valence-electron chi connectivity index (χ2n) is 5.18. The third-order valence-corrected chi connectivity index (χ3v) is 7.02. The van der Waals surface area contributed by atoms with Crippen molar-refractivity contribution in [3.8, 4) is 0 Å². The van der Waals surface area contributed by atoms with E-state index in [0.29, 0.717) is 25.4 Å². The second-order valence-corrected chi connectivity index (χ2v) is 8.51. The van der Waals surface area contributed by atoms with E-state index in [-0.39, 0.29) is 5.75 Å². The summed E-state index contributed by atoms with van der Waals surface area (Å²) < 4.78 is 25.7. The topological polar surface area (TPSA) is 50.3 Å². The van der Waals surface area contributed by atoms with E-state index in [0.717, 1.165) is 18.5 Å². The highest BCUT2D eigenvalue weighted by molar-refractivity contribution is 7.89. The van der Waals surface area contributed by atoms with Crippen LogP contribution in [0.3, 0.4) is 0 Å². The largest absolute Gasteiger partial charge is 0.246 e. The minimum absolute atomic E-state index is 0.271. The van der Waals surface area contributed by atoms with Crippen LogP contribution >= 0.6 is 11.3 Å². The van der Waals surface area contributed by atoms with Crippen molar-refractivity contribution in [2.45, 2.75) is 46.0 Å². The van der Waals surface area contributed by atoms with E-state index in [1.54, 1.807) is 15.6 Å². The van der Waals surface area contributed by atoms with Gasteiger partial charge in [-0.05, 0) is 33.1 Å². The number of piperidine rings is 1. The van der Waals surface area contributed by atoms with E-state index >= 15 is 0 Å². The van der Waals surface area contributed by atoms with Crippen LogP contribution in [0.2, 0.25) is 0 Å². The molecule has 1 fully saturated rings. The van der Waals surface area contributed by atoms with Gasteiger partial charge in [-0.2, -0.15) is 0 Å². The zero-order valence-electron chi connectivity index (χ0n) is 11.8. The molecule has 1 saturated heterocycles. The van der Waals surface area contributed by atoms with Crippen molar-refractivity contribution in [2.75, 3.05) is 18.8 Å². The molecule has 19 heavy (non-hydrogen) atoms. The molecule has 1 aliphatic rings. The van der Waals surface area contributed by atoms with Crippen molar-refractivity contribution < 1.29 is 8.42 Å². The van der Waals surface area contributed by atoms with Gasteiger partial charge in [0.1, 0.15) is 0 Å². The van der Waals surface area contributed by atoms with Crippen LogP contribution in [-0.2, 0) is 10.0 Å². The Morgan fingerprint density at radius 2 is 1.95 bits per heavy atom. The van der Waals surface area contributed by atoms with Gasteiger partial charge in [-0.25, -0.2) is 17.7 Å². The van der Waals surface area contributed by atoms with Crippen LogP contribution in [0.5, 0.6) is 0 Å². The SMILES string of the molecule is CCCS(=O)(=O)N1CCC(c2nc(C)c(C)s2)CC1. The normalized spacial score (nSPS) is 18.9. The summed E-state index contributed by atoms with van der Waals surface area (Å²) in [7, 11) is -3.03. The molecule has 108 valence electrons. The zero-order valence-corrected chi connectivity index (χ0v) is 13.5. The average molecular weight is 302 g/mol. The molecule has 0 aromatic carbocycles. The Labute approximate surface area is 119 Å². The van der Waals surface area contributed by atoms with Crippen LogP contribution in [-0.4, -0.2) is 36.5 Å². The summed E-state index contributed by atoms with van der Waals surface area (Å²) in [6, 6.07) is 0. The van der Waals surface area contributed by atoms with Crippen LogP contribution < -0.4 is 0 Å². The van der Waals surface area contributed by atoms with E-state index in [1.165, 1.54) is 9.88 Å². The molecular weight excluding hydrogens is 280 g/mol. The maximum atomic E-state index is 12.0. The molecule has 1 aliphatic heterocycles. The molecule has 0 spiro atoms. The number of rotatable bonds is 4. The van der Waals surface area contributed by atoms with Gasteiger partial charge < -0.3 is 0 Å². The van der Waals surface area contributed by atoms with Gasteiger partial charge in [0, 0.05) is 23.9 Å². The van der Waals surface area contributed by atoms with E-state index in [1.807, 2.05) is 13.8 Å². The number of nitrogens with zero attached hydrogens (tertiary/aromatic N) is 2. The van der Waals surface area contributed by atoms with Crippen molar-refractivity contribution in [1.29, 1.82) is 0 Å². The first kappa shape index (κ1) is 14.9. The minimum atomic E-state index is -3.03. The van der Waals surface area contributed by atoms with E-state index in [4.69, 9.17) is 0 Å². The Bertz CT molecular complexity index is 509. The summed E-state index contributed by atoms with van der Waals surface area (Å²) in [5, 5.41) is 1.18. The van der Waals surface area contributed by atoms with Gasteiger partial charge in [0.05, 0.1) is 16.5 Å². The van der Waals surface area contributed by atoms with Crippen molar-refractivity contribution in [3.05, 3.63) is 15.6 Å². The highest BCUT2D eigenvalue weighted by Crippen LogP contribution is 2.32. The predicted octanol–water partition coefficient (Wildman–Crippen LogP) is 2.68. The highest BCUT2D eigenvalue weighted by atomic mass is 32.2. The molecule has 0 saturated carbocycles. The van der Waals surface area contributed by atoms with Crippen LogP contribution in [0.1, 0.15) is 47.7 Å². The maximum absolute atomic E-state index is 12.0. The predicted molar refractivity (Wildman–Crippen MR) is 79.2 cm³/mol. The lowest BCUT2D eigenvalue weighted by Crippen LogP contribution is -2.39. The first-order valence-electron chi connectivity index (χ1n) is 6.85. The van der Waals surface area contributed by atoms with Crippen LogP contribution in [0, 0.1) is 13.8 Å². The summed E-state index contributed by atoms with van der Waals surface area (Å²) in [5.41, 5.74) is 1.11. The third-order valence-electron chi connectivity index (χ3n) is 3.70. The number of aromatic nitrogens is 1. The van der Waals surface area contributed by atoms with Gasteiger partial charge in [0.2, 0.25) is 10.0 Å². The Morgan fingerprint density at radius 3 is 2.42 bits per heavy atom. The maximum Gasteiger partial charge on any atom is 0.214 e. The van der Waals surface area contributed by atoms with E-state index in [9.17, 15) is 8.42 Å². The first-order chi connectivity index (χ1) is 8.94. The molecule has 0 amide bonds. The third kappa shape index (κ3) is 3.35. The Morgan fingerprint density at radius 1 is 1.32 bits per heavy atom. The fourth-order valence-electron chi connectivity index (χ4n) is 2.44. The number of sulfonamides is 1. The number of hydrogen-bond acceptors (Lipinski definition) is 4. The van der Waals surface area contributed by atoms with Crippen LogP contribution in [0.4, 0.5) is 0 Å². The Kier molecular flexibility index (Phi) is 4.63. The van der Waals surface area contributed by atoms with Crippen molar-refractivity contribution >= 4 is 21.4 Å². The summed E-state index contributed by atoms with van der Waals surface area (Å²) in [5.74, 6) is 0.707. The molecule has 0 radical (unpaired) electrons. The average Bonchev–Trinajstić information content (AvgIpc) is 2.70. The summed E-state index contributed by atoms with van der Waals surface area (Å²) >= 11 is 1.76. The smallest absolute Gasteiger partial charge is 0.214 e. The molecule has 1 aromatic heterocycles. The van der Waals surface area contributed by atoms with Gasteiger partial charge in [-0.1, -0.05) is 6.92 Å². The molecular formula is C13H22N2O2S2. The summed E-state index contributed by atoms with van der Waals surface area (Å²) in [4.78, 5) is 5.88. The van der Waals surface area contributed by atoms with Crippen molar-refractivity contribution in [3.63, 3.8) is 0 Å². The molecule has 0 aliphatic carbocycles. The van der Waals surface area contributed by atoms with Gasteiger partial charge in [-0.3, -0.25) is 0 Å². The minimum Gasteiger partial charge on any atom is -0.246 e. The molecule has 2 heterocycles. The Hall–Kier alpha value is -0.460. The molecule has 2 rings (SSSR count). The Balaban J connectivity index is 1.99. The molecule has 0 unspecified atom stereocenters. The monoisotopic (exact) mass is 302 g/mol.